The first-order chi connectivity index (χ1) is 17.0. The average molecular weight is 501 g/mol. The lowest BCUT2D eigenvalue weighted by molar-refractivity contribution is 0.00697. The van der Waals surface area contributed by atoms with Crippen molar-refractivity contribution in [3.05, 3.63) is 65.7 Å². The molecule has 0 spiro atoms. The van der Waals surface area contributed by atoms with E-state index in [0.29, 0.717) is 12.2 Å². The summed E-state index contributed by atoms with van der Waals surface area (Å²) in [6, 6.07) is 16.1. The van der Waals surface area contributed by atoms with Gasteiger partial charge in [0.15, 0.2) is 0 Å². The number of hydrogen-bond acceptors (Lipinski definition) is 6. The number of benzene rings is 2. The van der Waals surface area contributed by atoms with Crippen LogP contribution in [-0.4, -0.2) is 53.6 Å². The lowest BCUT2D eigenvalue weighted by atomic mass is 9.98. The first-order valence-electron chi connectivity index (χ1n) is 12.2. The van der Waals surface area contributed by atoms with Gasteiger partial charge in [0.2, 0.25) is 0 Å². The van der Waals surface area contributed by atoms with E-state index in [4.69, 9.17) is 14.2 Å². The van der Waals surface area contributed by atoms with Crippen LogP contribution in [0.4, 0.5) is 9.59 Å². The Morgan fingerprint density at radius 2 is 1.69 bits per heavy atom. The maximum atomic E-state index is 13.0. The fraction of sp³-hybridized carbons (Fsp3) is 0.500. The monoisotopic (exact) mass is 500 g/mol. The van der Waals surface area contributed by atoms with Crippen LogP contribution < -0.4 is 10.1 Å². The highest BCUT2D eigenvalue weighted by molar-refractivity contribution is 5.69. The van der Waals surface area contributed by atoms with Crippen LogP contribution in [0, 0.1) is 5.92 Å². The van der Waals surface area contributed by atoms with E-state index in [2.05, 4.69) is 5.32 Å². The minimum Gasteiger partial charge on any atom is -0.497 e. The number of hydrogen-bond donors (Lipinski definition) is 2. The van der Waals surface area contributed by atoms with Crippen LogP contribution in [0.3, 0.4) is 0 Å². The fourth-order valence-electron chi connectivity index (χ4n) is 3.61. The highest BCUT2D eigenvalue weighted by Crippen LogP contribution is 2.19. The predicted octanol–water partition coefficient (Wildman–Crippen LogP) is 5.13. The number of amides is 2. The number of carbonyl (C=O) groups is 2. The van der Waals surface area contributed by atoms with Crippen molar-refractivity contribution in [2.24, 2.45) is 5.92 Å². The molecule has 2 N–H and O–H groups in total. The number of carbonyl (C=O) groups excluding carboxylic acids is 2. The van der Waals surface area contributed by atoms with Crippen molar-refractivity contribution in [1.29, 1.82) is 0 Å². The highest BCUT2D eigenvalue weighted by Gasteiger charge is 2.29. The molecule has 2 atom stereocenters. The molecule has 2 rings (SSSR count). The van der Waals surface area contributed by atoms with Crippen molar-refractivity contribution < 1.29 is 28.9 Å². The summed E-state index contributed by atoms with van der Waals surface area (Å²) in [5.41, 5.74) is 0.983. The van der Waals surface area contributed by atoms with Crippen molar-refractivity contribution in [3.8, 4) is 5.75 Å². The van der Waals surface area contributed by atoms with Gasteiger partial charge >= 0.3 is 12.2 Å². The number of aliphatic hydroxyl groups is 1. The molecule has 0 bridgehead atoms. The van der Waals surface area contributed by atoms with E-state index >= 15 is 0 Å². The molecule has 2 amide bonds. The van der Waals surface area contributed by atoms with E-state index in [0.717, 1.165) is 11.1 Å². The van der Waals surface area contributed by atoms with E-state index in [1.54, 1.807) is 27.9 Å². The van der Waals surface area contributed by atoms with Crippen LogP contribution in [0.2, 0.25) is 0 Å². The van der Waals surface area contributed by atoms with Crippen LogP contribution >= 0.6 is 0 Å². The summed E-state index contributed by atoms with van der Waals surface area (Å²) < 4.78 is 16.2. The smallest absolute Gasteiger partial charge is 0.410 e. The van der Waals surface area contributed by atoms with Gasteiger partial charge in [-0.2, -0.15) is 0 Å². The largest absolute Gasteiger partial charge is 0.497 e. The van der Waals surface area contributed by atoms with E-state index in [1.807, 2.05) is 68.4 Å². The standard InChI is InChI=1S/C28H40N2O6/c1-20(2)15-24(29-26(32)35-19-21-11-8-7-9-12-21)25(31)18-30(27(33)36-28(3,4)5)17-22-13-10-14-23(16-22)34-6/h7-14,16,20,24-25,31H,15,17-19H2,1-6H3,(H,29,32). The molecule has 0 fully saturated rings. The first kappa shape index (κ1) is 29.0. The number of nitrogens with zero attached hydrogens (tertiary/aromatic N) is 1. The number of ether oxygens (including phenoxy) is 3. The molecule has 8 heteroatoms. The highest BCUT2D eigenvalue weighted by atomic mass is 16.6. The molecule has 2 aromatic rings. The molecule has 8 nitrogen and oxygen atoms in total. The summed E-state index contributed by atoms with van der Waals surface area (Å²) in [4.78, 5) is 27.0. The van der Waals surface area contributed by atoms with Gasteiger partial charge < -0.3 is 29.5 Å². The van der Waals surface area contributed by atoms with Crippen LogP contribution in [-0.2, 0) is 22.6 Å². The molecule has 0 saturated carbocycles. The van der Waals surface area contributed by atoms with E-state index < -0.39 is 29.9 Å². The molecular weight excluding hydrogens is 460 g/mol. The molecule has 0 heterocycles. The maximum absolute atomic E-state index is 13.0. The molecule has 0 aliphatic rings. The summed E-state index contributed by atoms with van der Waals surface area (Å²) in [6.45, 7) is 9.65. The number of alkyl carbamates (subject to hydrolysis) is 1. The second-order valence-electron chi connectivity index (χ2n) is 10.2. The molecule has 0 aliphatic heterocycles. The van der Waals surface area contributed by atoms with Crippen molar-refractivity contribution in [2.75, 3.05) is 13.7 Å². The Morgan fingerprint density at radius 3 is 2.31 bits per heavy atom. The predicted molar refractivity (Wildman–Crippen MR) is 139 cm³/mol. The number of methoxy groups -OCH3 is 1. The van der Waals surface area contributed by atoms with Crippen LogP contribution in [0.25, 0.3) is 0 Å². The lowest BCUT2D eigenvalue weighted by Crippen LogP contribution is -2.50. The lowest BCUT2D eigenvalue weighted by Gasteiger charge is -2.32. The quantitative estimate of drug-likeness (QED) is 0.444. The van der Waals surface area contributed by atoms with Crippen molar-refractivity contribution in [3.63, 3.8) is 0 Å². The molecule has 0 aliphatic carbocycles. The van der Waals surface area contributed by atoms with Gasteiger partial charge in [-0.3, -0.25) is 0 Å². The normalized spacial score (nSPS) is 13.0. The Labute approximate surface area is 214 Å². The van der Waals surface area contributed by atoms with Crippen LogP contribution in [0.5, 0.6) is 5.75 Å². The molecular formula is C28H40N2O6. The van der Waals surface area contributed by atoms with Crippen molar-refractivity contribution in [1.82, 2.24) is 10.2 Å². The van der Waals surface area contributed by atoms with Gasteiger partial charge in [-0.1, -0.05) is 56.3 Å². The molecule has 0 aromatic heterocycles. The molecule has 2 unspecified atom stereocenters. The minimum absolute atomic E-state index is 0.0392. The molecule has 0 radical (unpaired) electrons. The van der Waals surface area contributed by atoms with E-state index in [9.17, 15) is 14.7 Å². The van der Waals surface area contributed by atoms with Crippen molar-refractivity contribution in [2.45, 2.75) is 71.9 Å². The average Bonchev–Trinajstić information content (AvgIpc) is 2.81. The van der Waals surface area contributed by atoms with Gasteiger partial charge in [-0.15, -0.1) is 0 Å². The second-order valence-corrected chi connectivity index (χ2v) is 10.2. The zero-order chi connectivity index (χ0) is 26.7. The van der Waals surface area contributed by atoms with Crippen LogP contribution in [0.15, 0.2) is 54.6 Å². The van der Waals surface area contributed by atoms with Crippen molar-refractivity contribution >= 4 is 12.2 Å². The van der Waals surface area contributed by atoms with Gasteiger partial charge in [0.05, 0.1) is 25.8 Å². The minimum atomic E-state index is -1.05. The van der Waals surface area contributed by atoms with Crippen LogP contribution in [0.1, 0.15) is 52.2 Å². The Bertz CT molecular complexity index is 958. The number of nitrogens with one attached hydrogen (secondary N) is 1. The third-order valence-electron chi connectivity index (χ3n) is 5.27. The number of rotatable bonds is 11. The first-order valence-corrected chi connectivity index (χ1v) is 12.2. The van der Waals surface area contributed by atoms with Gasteiger partial charge in [-0.05, 0) is 56.4 Å². The topological polar surface area (TPSA) is 97.3 Å². The molecule has 2 aromatic carbocycles. The maximum Gasteiger partial charge on any atom is 0.410 e. The van der Waals surface area contributed by atoms with Gasteiger partial charge in [0, 0.05) is 6.54 Å². The number of aliphatic hydroxyl groups excluding tert-OH is 1. The summed E-state index contributed by atoms with van der Waals surface area (Å²) >= 11 is 0. The van der Waals surface area contributed by atoms with Gasteiger partial charge in [0.25, 0.3) is 0 Å². The molecule has 36 heavy (non-hydrogen) atoms. The summed E-state index contributed by atoms with van der Waals surface area (Å²) in [7, 11) is 1.58. The summed E-state index contributed by atoms with van der Waals surface area (Å²) in [6.07, 6.45) is -1.72. The second kappa shape index (κ2) is 13.7. The van der Waals surface area contributed by atoms with Gasteiger partial charge in [-0.25, -0.2) is 9.59 Å². The summed E-state index contributed by atoms with van der Waals surface area (Å²) in [5.74, 6) is 0.852. The zero-order valence-corrected chi connectivity index (χ0v) is 22.2. The zero-order valence-electron chi connectivity index (χ0n) is 22.2. The fourth-order valence-corrected chi connectivity index (χ4v) is 3.61. The molecule has 0 saturated heterocycles. The third-order valence-corrected chi connectivity index (χ3v) is 5.27. The third kappa shape index (κ3) is 10.6. The SMILES string of the molecule is COc1cccc(CN(CC(O)C(CC(C)C)NC(=O)OCc2ccccc2)C(=O)OC(C)(C)C)c1. The Hall–Kier alpha value is -3.26. The Balaban J connectivity index is 2.13. The summed E-state index contributed by atoms with van der Waals surface area (Å²) in [5, 5.41) is 13.9. The Morgan fingerprint density at radius 1 is 1.03 bits per heavy atom. The van der Waals surface area contributed by atoms with Gasteiger partial charge in [0.1, 0.15) is 18.0 Å². The van der Waals surface area contributed by atoms with E-state index in [-0.39, 0.29) is 25.6 Å². The van der Waals surface area contributed by atoms with E-state index in [1.165, 1.54) is 4.90 Å². The molecule has 198 valence electrons. The Kier molecular flexibility index (Phi) is 11.0.